The number of carbonyl (C=O) groups is 1. The predicted octanol–water partition coefficient (Wildman–Crippen LogP) is 0.324. The minimum atomic E-state index is 0.203. The lowest BCUT2D eigenvalue weighted by atomic mass is 9.93. The van der Waals surface area contributed by atoms with Crippen LogP contribution in [0.25, 0.3) is 0 Å². The molecule has 2 aliphatic rings. The molecule has 0 aromatic carbocycles. The van der Waals surface area contributed by atoms with Crippen LogP contribution in [0.3, 0.4) is 0 Å². The third kappa shape index (κ3) is 2.95. The Hall–Kier alpha value is -0.610. The first-order chi connectivity index (χ1) is 7.65. The summed E-state index contributed by atoms with van der Waals surface area (Å²) in [5, 5.41) is 2.94. The van der Waals surface area contributed by atoms with Crippen molar-refractivity contribution in [3.63, 3.8) is 0 Å². The zero-order chi connectivity index (χ0) is 11.5. The molecule has 2 rings (SSSR count). The van der Waals surface area contributed by atoms with Crippen molar-refractivity contribution in [2.24, 2.45) is 11.7 Å². The van der Waals surface area contributed by atoms with E-state index >= 15 is 0 Å². The van der Waals surface area contributed by atoms with Crippen LogP contribution in [0.15, 0.2) is 0 Å². The first-order valence-corrected chi connectivity index (χ1v) is 6.41. The minimum Gasteiger partial charge on any atom is -0.356 e. The second-order valence-corrected chi connectivity index (χ2v) is 5.40. The summed E-state index contributed by atoms with van der Waals surface area (Å²) in [7, 11) is 0. The van der Waals surface area contributed by atoms with E-state index in [1.165, 1.54) is 0 Å². The third-order valence-electron chi connectivity index (χ3n) is 3.69. The summed E-state index contributed by atoms with van der Waals surface area (Å²) >= 11 is 0. The molecule has 16 heavy (non-hydrogen) atoms. The number of likely N-dealkylation sites (tertiary alicyclic amines) is 1. The lowest BCUT2D eigenvalue weighted by Gasteiger charge is -2.39. The lowest BCUT2D eigenvalue weighted by molar-refractivity contribution is -0.121. The van der Waals surface area contributed by atoms with E-state index in [4.69, 9.17) is 5.73 Å². The highest BCUT2D eigenvalue weighted by Crippen LogP contribution is 2.22. The van der Waals surface area contributed by atoms with Gasteiger partial charge >= 0.3 is 0 Å². The first-order valence-electron chi connectivity index (χ1n) is 6.41. The summed E-state index contributed by atoms with van der Waals surface area (Å²) in [5.74, 6) is 0.865. The molecular formula is C12H23N3O. The van der Waals surface area contributed by atoms with Gasteiger partial charge in [-0.25, -0.2) is 0 Å². The zero-order valence-corrected chi connectivity index (χ0v) is 10.1. The van der Waals surface area contributed by atoms with Gasteiger partial charge in [-0.1, -0.05) is 6.92 Å². The normalized spacial score (nSPS) is 37.9. The molecule has 0 radical (unpaired) electrons. The van der Waals surface area contributed by atoms with Crippen LogP contribution in [0.4, 0.5) is 0 Å². The first kappa shape index (κ1) is 11.9. The number of hydrogen-bond donors (Lipinski definition) is 2. The Morgan fingerprint density at radius 3 is 3.00 bits per heavy atom. The SMILES string of the molecule is CC1CC(N)CN(C2CCCNC(=O)C2)C1. The lowest BCUT2D eigenvalue weighted by Crippen LogP contribution is -2.51. The predicted molar refractivity (Wildman–Crippen MR) is 64.0 cm³/mol. The van der Waals surface area contributed by atoms with Gasteiger partial charge in [0.1, 0.15) is 0 Å². The van der Waals surface area contributed by atoms with Crippen molar-refractivity contribution in [2.45, 2.75) is 44.7 Å². The standard InChI is InChI=1S/C12H23N3O/c1-9-5-10(13)8-15(7-9)11-3-2-4-14-12(16)6-11/h9-11H,2-8,13H2,1H3,(H,14,16). The Morgan fingerprint density at radius 2 is 2.25 bits per heavy atom. The topological polar surface area (TPSA) is 58.4 Å². The van der Waals surface area contributed by atoms with Crippen molar-refractivity contribution in [1.82, 2.24) is 10.2 Å². The fourth-order valence-electron chi connectivity index (χ4n) is 3.01. The molecular weight excluding hydrogens is 202 g/mol. The van der Waals surface area contributed by atoms with E-state index in [1.807, 2.05) is 0 Å². The number of rotatable bonds is 1. The van der Waals surface area contributed by atoms with Crippen LogP contribution in [0, 0.1) is 5.92 Å². The maximum absolute atomic E-state index is 11.5. The van der Waals surface area contributed by atoms with Crippen molar-refractivity contribution in [3.05, 3.63) is 0 Å². The molecule has 2 fully saturated rings. The minimum absolute atomic E-state index is 0.203. The summed E-state index contributed by atoms with van der Waals surface area (Å²) in [5.41, 5.74) is 6.05. The van der Waals surface area contributed by atoms with Crippen LogP contribution in [0.5, 0.6) is 0 Å². The molecule has 2 saturated heterocycles. The van der Waals surface area contributed by atoms with E-state index in [0.29, 0.717) is 18.4 Å². The highest BCUT2D eigenvalue weighted by atomic mass is 16.1. The van der Waals surface area contributed by atoms with E-state index in [2.05, 4.69) is 17.1 Å². The van der Waals surface area contributed by atoms with Gasteiger partial charge in [0.15, 0.2) is 0 Å². The van der Waals surface area contributed by atoms with E-state index in [0.717, 1.165) is 38.9 Å². The molecule has 4 heteroatoms. The monoisotopic (exact) mass is 225 g/mol. The molecule has 3 unspecified atom stereocenters. The Bertz CT molecular complexity index is 247. The number of nitrogens with one attached hydrogen (secondary N) is 1. The number of hydrogen-bond acceptors (Lipinski definition) is 3. The molecule has 0 aromatic rings. The molecule has 4 nitrogen and oxygen atoms in total. The highest BCUT2D eigenvalue weighted by Gasteiger charge is 2.29. The van der Waals surface area contributed by atoms with Gasteiger partial charge in [-0.15, -0.1) is 0 Å². The summed E-state index contributed by atoms with van der Waals surface area (Å²) in [4.78, 5) is 14.0. The second-order valence-electron chi connectivity index (χ2n) is 5.40. The van der Waals surface area contributed by atoms with E-state index in [9.17, 15) is 4.79 Å². The van der Waals surface area contributed by atoms with Gasteiger partial charge in [0.25, 0.3) is 0 Å². The Balaban J connectivity index is 1.96. The highest BCUT2D eigenvalue weighted by molar-refractivity contribution is 5.76. The van der Waals surface area contributed by atoms with Crippen molar-refractivity contribution in [3.8, 4) is 0 Å². The van der Waals surface area contributed by atoms with Gasteiger partial charge in [0, 0.05) is 38.1 Å². The molecule has 0 aliphatic carbocycles. The fourth-order valence-corrected chi connectivity index (χ4v) is 3.01. The Kier molecular flexibility index (Phi) is 3.82. The van der Waals surface area contributed by atoms with Gasteiger partial charge in [0.2, 0.25) is 5.91 Å². The van der Waals surface area contributed by atoms with Gasteiger partial charge in [-0.3, -0.25) is 9.69 Å². The van der Waals surface area contributed by atoms with Crippen LogP contribution in [0.1, 0.15) is 32.6 Å². The second kappa shape index (κ2) is 5.15. The smallest absolute Gasteiger partial charge is 0.221 e. The molecule has 3 N–H and O–H groups in total. The summed E-state index contributed by atoms with van der Waals surface area (Å²) in [6, 6.07) is 0.700. The number of nitrogens with zero attached hydrogens (tertiary/aromatic N) is 1. The average molecular weight is 225 g/mol. The van der Waals surface area contributed by atoms with Crippen molar-refractivity contribution in [1.29, 1.82) is 0 Å². The van der Waals surface area contributed by atoms with E-state index in [-0.39, 0.29) is 11.9 Å². The maximum atomic E-state index is 11.5. The third-order valence-corrected chi connectivity index (χ3v) is 3.69. The summed E-state index contributed by atoms with van der Waals surface area (Å²) in [6.07, 6.45) is 3.99. The molecule has 0 aromatic heterocycles. The van der Waals surface area contributed by atoms with Crippen molar-refractivity contribution < 1.29 is 4.79 Å². The van der Waals surface area contributed by atoms with E-state index in [1.54, 1.807) is 0 Å². The molecule has 2 aliphatic heterocycles. The van der Waals surface area contributed by atoms with Crippen LogP contribution in [-0.4, -0.2) is 42.5 Å². The van der Waals surface area contributed by atoms with Crippen molar-refractivity contribution >= 4 is 5.91 Å². The van der Waals surface area contributed by atoms with Crippen LogP contribution >= 0.6 is 0 Å². The molecule has 0 bridgehead atoms. The number of piperidine rings is 1. The molecule has 3 atom stereocenters. The maximum Gasteiger partial charge on any atom is 0.221 e. The largest absolute Gasteiger partial charge is 0.356 e. The fraction of sp³-hybridized carbons (Fsp3) is 0.917. The van der Waals surface area contributed by atoms with Gasteiger partial charge < -0.3 is 11.1 Å². The van der Waals surface area contributed by atoms with Gasteiger partial charge in [-0.05, 0) is 25.2 Å². The van der Waals surface area contributed by atoms with Gasteiger partial charge in [0.05, 0.1) is 0 Å². The molecule has 1 amide bonds. The number of carbonyl (C=O) groups excluding carboxylic acids is 1. The summed E-state index contributed by atoms with van der Waals surface area (Å²) in [6.45, 7) is 5.15. The molecule has 2 heterocycles. The number of amides is 1. The zero-order valence-electron chi connectivity index (χ0n) is 10.1. The Morgan fingerprint density at radius 1 is 1.44 bits per heavy atom. The van der Waals surface area contributed by atoms with Gasteiger partial charge in [-0.2, -0.15) is 0 Å². The van der Waals surface area contributed by atoms with Crippen LogP contribution in [-0.2, 0) is 4.79 Å². The molecule has 0 spiro atoms. The Labute approximate surface area is 97.6 Å². The quantitative estimate of drug-likeness (QED) is 0.676. The summed E-state index contributed by atoms with van der Waals surface area (Å²) < 4.78 is 0. The van der Waals surface area contributed by atoms with Crippen molar-refractivity contribution in [2.75, 3.05) is 19.6 Å². The molecule has 92 valence electrons. The van der Waals surface area contributed by atoms with Crippen LogP contribution in [0.2, 0.25) is 0 Å². The van der Waals surface area contributed by atoms with E-state index < -0.39 is 0 Å². The molecule has 0 saturated carbocycles. The number of nitrogens with two attached hydrogens (primary N) is 1. The average Bonchev–Trinajstić information content (AvgIpc) is 2.41. The van der Waals surface area contributed by atoms with Crippen LogP contribution < -0.4 is 11.1 Å².